The summed E-state index contributed by atoms with van der Waals surface area (Å²) in [7, 11) is 0. The van der Waals surface area contributed by atoms with Gasteiger partial charge in [-0.25, -0.2) is 13.6 Å². The number of nitrogens with one attached hydrogen (secondary N) is 2. The molecule has 0 bridgehead atoms. The highest BCUT2D eigenvalue weighted by Gasteiger charge is 2.35. The molecule has 1 heterocycles. The van der Waals surface area contributed by atoms with E-state index in [0.717, 1.165) is 34.9 Å². The molecule has 1 fully saturated rings. The zero-order chi connectivity index (χ0) is 25.8. The van der Waals surface area contributed by atoms with Gasteiger partial charge in [0.1, 0.15) is 18.2 Å². The van der Waals surface area contributed by atoms with Crippen molar-refractivity contribution in [2.24, 2.45) is 0 Å². The lowest BCUT2D eigenvalue weighted by atomic mass is 10.1. The van der Waals surface area contributed by atoms with Gasteiger partial charge in [-0.1, -0.05) is 36.4 Å². The zero-order valence-electron chi connectivity index (χ0n) is 20.3. The number of H-pyrrole nitrogens is 1. The molecule has 0 spiro atoms. The lowest BCUT2D eigenvalue weighted by Gasteiger charge is -2.28. The topological polar surface area (TPSA) is 68.4 Å². The van der Waals surface area contributed by atoms with Gasteiger partial charge in [-0.15, -0.1) is 0 Å². The Hall–Kier alpha value is -4.20. The number of aromatic nitrogens is 1. The van der Waals surface area contributed by atoms with Crippen molar-refractivity contribution in [1.82, 2.24) is 14.8 Å². The number of para-hydroxylation sites is 1. The number of amides is 3. The molecule has 5 rings (SSSR count). The SMILES string of the molecule is O=C(CN(C(=O)Nc1cccc(F)c1)C1CC1)N(CCc1c[nH]c2ccccc12)Cc1ccc(F)cc1. The Morgan fingerprint density at radius 1 is 0.946 bits per heavy atom. The van der Waals surface area contributed by atoms with Crippen molar-refractivity contribution in [2.75, 3.05) is 18.4 Å². The number of aromatic amines is 1. The molecule has 1 aliphatic carbocycles. The molecule has 0 unspecified atom stereocenters. The predicted octanol–water partition coefficient (Wildman–Crippen LogP) is 5.71. The molecule has 8 heteroatoms. The highest BCUT2D eigenvalue weighted by molar-refractivity contribution is 5.93. The summed E-state index contributed by atoms with van der Waals surface area (Å²) in [5.74, 6) is -0.991. The molecule has 0 aliphatic heterocycles. The molecule has 6 nitrogen and oxygen atoms in total. The third kappa shape index (κ3) is 6.14. The van der Waals surface area contributed by atoms with E-state index in [-0.39, 0.29) is 24.3 Å². The Morgan fingerprint density at radius 3 is 2.49 bits per heavy atom. The number of nitrogens with zero attached hydrogens (tertiary/aromatic N) is 2. The monoisotopic (exact) mass is 502 g/mol. The van der Waals surface area contributed by atoms with Crippen molar-refractivity contribution < 1.29 is 18.4 Å². The molecule has 2 N–H and O–H groups in total. The minimum Gasteiger partial charge on any atom is -0.361 e. The van der Waals surface area contributed by atoms with Gasteiger partial charge in [-0.05, 0) is 66.8 Å². The maximum Gasteiger partial charge on any atom is 0.322 e. The van der Waals surface area contributed by atoms with Crippen molar-refractivity contribution in [3.63, 3.8) is 0 Å². The summed E-state index contributed by atoms with van der Waals surface area (Å²) in [6.45, 7) is 0.633. The third-order valence-corrected chi connectivity index (χ3v) is 6.60. The van der Waals surface area contributed by atoms with Crippen molar-refractivity contribution in [2.45, 2.75) is 31.8 Å². The second-order valence-electron chi connectivity index (χ2n) is 9.35. The Morgan fingerprint density at radius 2 is 1.73 bits per heavy atom. The molecule has 0 saturated heterocycles. The fourth-order valence-electron chi connectivity index (χ4n) is 4.46. The average Bonchev–Trinajstić information content (AvgIpc) is 3.65. The van der Waals surface area contributed by atoms with Crippen LogP contribution in [-0.4, -0.2) is 45.9 Å². The van der Waals surface area contributed by atoms with E-state index >= 15 is 0 Å². The first-order valence-electron chi connectivity index (χ1n) is 12.4. The van der Waals surface area contributed by atoms with E-state index < -0.39 is 11.8 Å². The standard InChI is InChI=1S/C29H28F2N4O2/c30-22-10-8-20(9-11-22)18-34(15-14-21-17-32-27-7-2-1-6-26(21)27)28(36)19-35(25-12-13-25)29(37)33-24-5-3-4-23(31)16-24/h1-11,16-17,25,32H,12-15,18-19H2,(H,33,37). The number of hydrogen-bond acceptors (Lipinski definition) is 2. The number of anilines is 1. The van der Waals surface area contributed by atoms with Crippen LogP contribution in [0.2, 0.25) is 0 Å². The molecule has 1 saturated carbocycles. The van der Waals surface area contributed by atoms with Crippen molar-refractivity contribution in [3.05, 3.63) is 102 Å². The molecule has 0 atom stereocenters. The Bertz CT molecular complexity index is 1400. The van der Waals surface area contributed by atoms with E-state index in [1.807, 2.05) is 30.5 Å². The van der Waals surface area contributed by atoms with Crippen LogP contribution in [-0.2, 0) is 17.8 Å². The van der Waals surface area contributed by atoms with Crippen LogP contribution < -0.4 is 5.32 Å². The molecule has 1 aromatic heterocycles. The fraction of sp³-hybridized carbons (Fsp3) is 0.241. The van der Waals surface area contributed by atoms with Crippen LogP contribution in [0.5, 0.6) is 0 Å². The summed E-state index contributed by atoms with van der Waals surface area (Å²) < 4.78 is 27.1. The van der Waals surface area contributed by atoms with Crippen LogP contribution in [0.3, 0.4) is 0 Å². The van der Waals surface area contributed by atoms with Gasteiger partial charge in [-0.2, -0.15) is 0 Å². The summed E-state index contributed by atoms with van der Waals surface area (Å²) in [4.78, 5) is 33.1. The Kier molecular flexibility index (Phi) is 7.16. The number of hydrogen-bond donors (Lipinski definition) is 2. The molecule has 37 heavy (non-hydrogen) atoms. The van der Waals surface area contributed by atoms with E-state index in [0.29, 0.717) is 25.2 Å². The van der Waals surface area contributed by atoms with Crippen LogP contribution in [0.15, 0.2) is 79.0 Å². The number of carbonyl (C=O) groups excluding carboxylic acids is 2. The normalized spacial score (nSPS) is 12.9. The van der Waals surface area contributed by atoms with Crippen molar-refractivity contribution in [3.8, 4) is 0 Å². The molecular weight excluding hydrogens is 474 g/mol. The Labute approximate surface area is 213 Å². The number of rotatable bonds is 9. The van der Waals surface area contributed by atoms with E-state index in [4.69, 9.17) is 0 Å². The first-order valence-corrected chi connectivity index (χ1v) is 12.4. The van der Waals surface area contributed by atoms with Crippen molar-refractivity contribution in [1.29, 1.82) is 0 Å². The first-order chi connectivity index (χ1) is 18.0. The van der Waals surface area contributed by atoms with Crippen LogP contribution in [0.4, 0.5) is 19.3 Å². The maximum atomic E-state index is 13.6. The summed E-state index contributed by atoms with van der Waals surface area (Å²) in [5.41, 5.74) is 3.26. The molecular formula is C29H28F2N4O2. The van der Waals surface area contributed by atoms with Gasteiger partial charge in [0.05, 0.1) is 0 Å². The third-order valence-electron chi connectivity index (χ3n) is 6.60. The summed E-state index contributed by atoms with van der Waals surface area (Å²) in [5, 5.41) is 3.81. The smallest absolute Gasteiger partial charge is 0.322 e. The number of urea groups is 1. The maximum absolute atomic E-state index is 13.6. The van der Waals surface area contributed by atoms with E-state index in [9.17, 15) is 18.4 Å². The van der Waals surface area contributed by atoms with E-state index in [1.54, 1.807) is 23.1 Å². The molecule has 1 aliphatic rings. The second kappa shape index (κ2) is 10.8. The summed E-state index contributed by atoms with van der Waals surface area (Å²) in [6.07, 6.45) is 4.21. The minimum atomic E-state index is -0.449. The van der Waals surface area contributed by atoms with Gasteiger partial charge in [0.15, 0.2) is 0 Å². The second-order valence-corrected chi connectivity index (χ2v) is 9.35. The molecule has 3 aromatic carbocycles. The van der Waals surface area contributed by atoms with E-state index in [1.165, 1.54) is 35.2 Å². The Balaban J connectivity index is 1.32. The molecule has 0 radical (unpaired) electrons. The number of halogens is 2. The van der Waals surface area contributed by atoms with Gasteiger partial charge in [0, 0.05) is 41.9 Å². The first kappa shape index (κ1) is 24.5. The average molecular weight is 503 g/mol. The van der Waals surface area contributed by atoms with E-state index in [2.05, 4.69) is 10.3 Å². The van der Waals surface area contributed by atoms with Gasteiger partial charge in [0.2, 0.25) is 5.91 Å². The van der Waals surface area contributed by atoms with Crippen LogP contribution in [0.25, 0.3) is 10.9 Å². The fourth-order valence-corrected chi connectivity index (χ4v) is 4.46. The molecule has 3 amide bonds. The quantitative estimate of drug-likeness (QED) is 0.308. The van der Waals surface area contributed by atoms with Crippen LogP contribution >= 0.6 is 0 Å². The molecule has 4 aromatic rings. The van der Waals surface area contributed by atoms with Crippen LogP contribution in [0.1, 0.15) is 24.0 Å². The zero-order valence-corrected chi connectivity index (χ0v) is 20.3. The largest absolute Gasteiger partial charge is 0.361 e. The number of benzene rings is 3. The van der Waals surface area contributed by atoms with Gasteiger partial charge in [0.25, 0.3) is 0 Å². The number of fused-ring (bicyclic) bond motifs is 1. The molecule has 190 valence electrons. The highest BCUT2D eigenvalue weighted by Crippen LogP contribution is 2.28. The van der Waals surface area contributed by atoms with Gasteiger partial charge in [-0.3, -0.25) is 4.79 Å². The summed E-state index contributed by atoms with van der Waals surface area (Å²) in [6, 6.07) is 19.3. The van der Waals surface area contributed by atoms with Crippen molar-refractivity contribution >= 4 is 28.5 Å². The van der Waals surface area contributed by atoms with Gasteiger partial charge >= 0.3 is 6.03 Å². The lowest BCUT2D eigenvalue weighted by Crippen LogP contribution is -2.45. The lowest BCUT2D eigenvalue weighted by molar-refractivity contribution is -0.132. The van der Waals surface area contributed by atoms with Gasteiger partial charge < -0.3 is 20.1 Å². The summed E-state index contributed by atoms with van der Waals surface area (Å²) >= 11 is 0. The number of carbonyl (C=O) groups is 2. The van der Waals surface area contributed by atoms with Crippen LogP contribution in [0, 0.1) is 11.6 Å². The predicted molar refractivity (Wildman–Crippen MR) is 139 cm³/mol. The minimum absolute atomic E-state index is 0.0289. The highest BCUT2D eigenvalue weighted by atomic mass is 19.1.